The summed E-state index contributed by atoms with van der Waals surface area (Å²) < 4.78 is 11.6. The maximum absolute atomic E-state index is 12.9. The molecule has 35 heavy (non-hydrogen) atoms. The molecule has 4 aliphatic carbocycles. The number of hydrogen-bond acceptors (Lipinski definition) is 3. The minimum absolute atomic E-state index is 0.0208. The van der Waals surface area contributed by atoms with Crippen LogP contribution in [0.2, 0.25) is 0 Å². The first-order valence-corrected chi connectivity index (χ1v) is 14.2. The first-order chi connectivity index (χ1) is 17.2. The summed E-state index contributed by atoms with van der Waals surface area (Å²) in [6, 6.07) is 29.6. The van der Waals surface area contributed by atoms with Crippen LogP contribution in [0.15, 0.2) is 99.6 Å². The molecule has 3 aromatic carbocycles. The minimum atomic E-state index is -0.166. The maximum atomic E-state index is 12.9. The molecular weight excluding hydrogens is 452 g/mol. The number of rotatable bonds is 8. The molecule has 0 unspecified atom stereocenters. The molecule has 0 N–H and O–H groups in total. The SMILES string of the molecule is O=C(OCCOc1ccc([S+](c2ccccc2)c2ccccc2)cc1)C1C2CC3CC(C2)CC1C3. The molecule has 0 amide bonds. The molecule has 3 aromatic rings. The lowest BCUT2D eigenvalue weighted by molar-refractivity contribution is -0.163. The van der Waals surface area contributed by atoms with Crippen LogP contribution in [0.1, 0.15) is 32.1 Å². The lowest BCUT2D eigenvalue weighted by atomic mass is 9.52. The van der Waals surface area contributed by atoms with Crippen LogP contribution in [0.3, 0.4) is 0 Å². The third kappa shape index (κ3) is 4.86. The van der Waals surface area contributed by atoms with E-state index >= 15 is 0 Å². The maximum Gasteiger partial charge on any atom is 0.309 e. The Labute approximate surface area is 211 Å². The van der Waals surface area contributed by atoms with Gasteiger partial charge in [-0.1, -0.05) is 36.4 Å². The van der Waals surface area contributed by atoms with Crippen molar-refractivity contribution in [1.82, 2.24) is 0 Å². The zero-order valence-corrected chi connectivity index (χ0v) is 20.9. The number of benzene rings is 3. The Morgan fingerprint density at radius 3 is 1.71 bits per heavy atom. The highest BCUT2D eigenvalue weighted by atomic mass is 32.2. The highest BCUT2D eigenvalue weighted by Crippen LogP contribution is 2.56. The van der Waals surface area contributed by atoms with E-state index in [4.69, 9.17) is 9.47 Å². The highest BCUT2D eigenvalue weighted by Gasteiger charge is 2.51. The molecule has 0 atom stereocenters. The molecule has 0 saturated heterocycles. The number of ether oxygens (including phenoxy) is 2. The second-order valence-corrected chi connectivity index (χ2v) is 12.4. The lowest BCUT2D eigenvalue weighted by Crippen LogP contribution is -2.48. The van der Waals surface area contributed by atoms with E-state index in [0.29, 0.717) is 25.0 Å². The third-order valence-electron chi connectivity index (χ3n) is 8.11. The first-order valence-electron chi connectivity index (χ1n) is 13.0. The Hall–Kier alpha value is -2.72. The van der Waals surface area contributed by atoms with E-state index in [9.17, 15) is 4.79 Å². The summed E-state index contributed by atoms with van der Waals surface area (Å²) in [6.45, 7) is 0.712. The van der Waals surface area contributed by atoms with E-state index < -0.39 is 0 Å². The number of carbonyl (C=O) groups is 1. The summed E-state index contributed by atoms with van der Waals surface area (Å²) in [5.74, 6) is 3.84. The fourth-order valence-electron chi connectivity index (χ4n) is 6.90. The van der Waals surface area contributed by atoms with E-state index in [-0.39, 0.29) is 22.8 Å². The Kier molecular flexibility index (Phi) is 6.56. The van der Waals surface area contributed by atoms with Crippen molar-refractivity contribution >= 4 is 16.9 Å². The zero-order chi connectivity index (χ0) is 23.6. The normalized spacial score (nSPS) is 26.6. The van der Waals surface area contributed by atoms with E-state index in [1.165, 1.54) is 46.8 Å². The van der Waals surface area contributed by atoms with Crippen LogP contribution in [0, 0.1) is 29.6 Å². The van der Waals surface area contributed by atoms with Gasteiger partial charge in [-0.05, 0) is 104 Å². The predicted molar refractivity (Wildman–Crippen MR) is 138 cm³/mol. The summed E-state index contributed by atoms with van der Waals surface area (Å²) >= 11 is 0. The molecule has 0 heterocycles. The Bertz CT molecular complexity index is 1060. The van der Waals surface area contributed by atoms with Gasteiger partial charge in [-0.3, -0.25) is 4.79 Å². The molecule has 0 aliphatic heterocycles. The van der Waals surface area contributed by atoms with Crippen molar-refractivity contribution in [1.29, 1.82) is 0 Å². The minimum Gasteiger partial charge on any atom is -0.490 e. The van der Waals surface area contributed by atoms with Crippen LogP contribution in [-0.2, 0) is 20.4 Å². The van der Waals surface area contributed by atoms with Gasteiger partial charge in [0.25, 0.3) is 0 Å². The van der Waals surface area contributed by atoms with Crippen LogP contribution < -0.4 is 4.74 Å². The van der Waals surface area contributed by atoms with Crippen molar-refractivity contribution in [2.45, 2.75) is 46.8 Å². The van der Waals surface area contributed by atoms with E-state index in [1.54, 1.807) is 0 Å². The Balaban J connectivity index is 1.05. The standard InChI is InChI=1S/C31H33O3S/c32-31(30-24-18-22-17-23(20-24)21-25(30)19-22)34-16-15-33-26-11-13-29(14-12-26)35(27-7-3-1-4-8-27)28-9-5-2-6-10-28/h1-14,22-25,30H,15-21H2/q+1. The molecule has 180 valence electrons. The third-order valence-corrected chi connectivity index (χ3v) is 10.3. The Morgan fingerprint density at radius 1 is 0.657 bits per heavy atom. The molecule has 0 radical (unpaired) electrons. The lowest BCUT2D eigenvalue weighted by Gasteiger charge is -2.53. The molecule has 0 spiro atoms. The molecule has 4 aliphatic rings. The average molecular weight is 486 g/mol. The second-order valence-electron chi connectivity index (χ2n) is 10.4. The second kappa shape index (κ2) is 10.1. The monoisotopic (exact) mass is 485 g/mol. The smallest absolute Gasteiger partial charge is 0.309 e. The highest BCUT2D eigenvalue weighted by molar-refractivity contribution is 7.97. The van der Waals surface area contributed by atoms with Gasteiger partial charge >= 0.3 is 5.97 Å². The van der Waals surface area contributed by atoms with Gasteiger partial charge in [0.15, 0.2) is 14.7 Å². The number of hydrogen-bond donors (Lipinski definition) is 0. The topological polar surface area (TPSA) is 35.5 Å². The van der Waals surface area contributed by atoms with Crippen LogP contribution in [0.4, 0.5) is 0 Å². The predicted octanol–water partition coefficient (Wildman–Crippen LogP) is 6.78. The van der Waals surface area contributed by atoms with Gasteiger partial charge in [0.1, 0.15) is 19.0 Å². The largest absolute Gasteiger partial charge is 0.490 e. The quantitative estimate of drug-likeness (QED) is 0.200. The molecule has 4 bridgehead atoms. The van der Waals surface area contributed by atoms with Gasteiger partial charge in [-0.15, -0.1) is 0 Å². The van der Waals surface area contributed by atoms with E-state index in [2.05, 4.69) is 72.8 Å². The summed E-state index contributed by atoms with van der Waals surface area (Å²) in [5, 5.41) is 0. The van der Waals surface area contributed by atoms with Gasteiger partial charge < -0.3 is 9.47 Å². The molecule has 0 aromatic heterocycles. The molecular formula is C31H33O3S+. The molecule has 4 heteroatoms. The molecule has 4 fully saturated rings. The van der Waals surface area contributed by atoms with Crippen molar-refractivity contribution in [3.05, 3.63) is 84.9 Å². The summed E-state index contributed by atoms with van der Waals surface area (Å²) in [5.41, 5.74) is 0. The number of esters is 1. The van der Waals surface area contributed by atoms with Gasteiger partial charge in [0, 0.05) is 0 Å². The van der Waals surface area contributed by atoms with Crippen molar-refractivity contribution < 1.29 is 14.3 Å². The summed E-state index contributed by atoms with van der Waals surface area (Å²) in [6.07, 6.45) is 6.36. The van der Waals surface area contributed by atoms with Gasteiger partial charge in [-0.25, -0.2) is 0 Å². The van der Waals surface area contributed by atoms with Crippen LogP contribution in [0.5, 0.6) is 5.75 Å². The fraction of sp³-hybridized carbons (Fsp3) is 0.387. The van der Waals surface area contributed by atoms with Crippen LogP contribution in [-0.4, -0.2) is 19.2 Å². The zero-order valence-electron chi connectivity index (χ0n) is 20.1. The van der Waals surface area contributed by atoms with E-state index in [1.807, 2.05) is 12.1 Å². The summed E-state index contributed by atoms with van der Waals surface area (Å²) in [7, 11) is -0.166. The van der Waals surface area contributed by atoms with Crippen LogP contribution in [0.25, 0.3) is 0 Å². The number of carbonyl (C=O) groups excluding carboxylic acids is 1. The van der Waals surface area contributed by atoms with Gasteiger partial charge in [0.05, 0.1) is 16.8 Å². The van der Waals surface area contributed by atoms with Crippen LogP contribution >= 0.6 is 0 Å². The van der Waals surface area contributed by atoms with Crippen molar-refractivity contribution in [2.24, 2.45) is 29.6 Å². The molecule has 4 saturated carbocycles. The molecule has 7 rings (SSSR count). The Morgan fingerprint density at radius 2 is 1.17 bits per heavy atom. The fourth-order valence-corrected chi connectivity index (χ4v) is 8.98. The average Bonchev–Trinajstić information content (AvgIpc) is 2.88. The van der Waals surface area contributed by atoms with Crippen molar-refractivity contribution in [3.63, 3.8) is 0 Å². The van der Waals surface area contributed by atoms with E-state index in [0.717, 1.165) is 17.6 Å². The first kappa shape index (κ1) is 22.7. The van der Waals surface area contributed by atoms with Crippen molar-refractivity contribution in [2.75, 3.05) is 13.2 Å². The summed E-state index contributed by atoms with van der Waals surface area (Å²) in [4.78, 5) is 16.7. The van der Waals surface area contributed by atoms with Gasteiger partial charge in [-0.2, -0.15) is 0 Å². The van der Waals surface area contributed by atoms with Crippen molar-refractivity contribution in [3.8, 4) is 5.75 Å². The molecule has 3 nitrogen and oxygen atoms in total. The van der Waals surface area contributed by atoms with Gasteiger partial charge in [0.2, 0.25) is 0 Å².